The lowest BCUT2D eigenvalue weighted by molar-refractivity contribution is 0.433. The van der Waals surface area contributed by atoms with Gasteiger partial charge < -0.3 is 5.32 Å². The molecular weight excluding hydrogens is 214 g/mol. The summed E-state index contributed by atoms with van der Waals surface area (Å²) in [6, 6.07) is 3.02. The second kappa shape index (κ2) is 6.41. The van der Waals surface area contributed by atoms with E-state index in [-0.39, 0.29) is 0 Å². The molecule has 1 fully saturated rings. The lowest BCUT2D eigenvalue weighted by Crippen LogP contribution is -2.30. The molecule has 1 aliphatic rings. The summed E-state index contributed by atoms with van der Waals surface area (Å²) in [5.41, 5.74) is 1.52. The minimum atomic E-state index is 0.757. The summed E-state index contributed by atoms with van der Waals surface area (Å²) >= 11 is 1.81. The smallest absolute Gasteiger partial charge is 0.00728 e. The maximum atomic E-state index is 3.71. The predicted molar refractivity (Wildman–Crippen MR) is 72.1 cm³/mol. The quantitative estimate of drug-likeness (QED) is 0.724. The van der Waals surface area contributed by atoms with Crippen LogP contribution in [0.4, 0.5) is 0 Å². The Kier molecular flexibility index (Phi) is 4.86. The van der Waals surface area contributed by atoms with E-state index in [4.69, 9.17) is 0 Å². The first-order valence-electron chi connectivity index (χ1n) is 6.63. The molecule has 1 saturated carbocycles. The predicted octanol–water partition coefficient (Wildman–Crippen LogP) is 3.85. The largest absolute Gasteiger partial charge is 0.314 e. The summed E-state index contributed by atoms with van der Waals surface area (Å²) in [6.45, 7) is 3.43. The van der Waals surface area contributed by atoms with Crippen molar-refractivity contribution in [2.75, 3.05) is 6.54 Å². The van der Waals surface area contributed by atoms with Crippen LogP contribution in [0, 0.1) is 5.92 Å². The molecule has 1 atom stereocenters. The van der Waals surface area contributed by atoms with E-state index < -0.39 is 0 Å². The van der Waals surface area contributed by atoms with Gasteiger partial charge in [0.05, 0.1) is 0 Å². The van der Waals surface area contributed by atoms with Crippen molar-refractivity contribution in [2.45, 2.75) is 51.5 Å². The van der Waals surface area contributed by atoms with Crippen LogP contribution in [0.1, 0.15) is 44.6 Å². The van der Waals surface area contributed by atoms with Crippen molar-refractivity contribution in [3.8, 4) is 0 Å². The Morgan fingerprint density at radius 1 is 1.50 bits per heavy atom. The van der Waals surface area contributed by atoms with E-state index in [2.05, 4.69) is 29.1 Å². The Morgan fingerprint density at radius 2 is 2.38 bits per heavy atom. The topological polar surface area (TPSA) is 12.0 Å². The Morgan fingerprint density at radius 3 is 3.00 bits per heavy atom. The molecule has 0 saturated heterocycles. The van der Waals surface area contributed by atoms with E-state index in [1.165, 1.54) is 50.6 Å². The Labute approximate surface area is 103 Å². The molecule has 1 nitrogen and oxygen atoms in total. The van der Waals surface area contributed by atoms with Gasteiger partial charge in [-0.2, -0.15) is 11.3 Å². The van der Waals surface area contributed by atoms with Gasteiger partial charge in [0.25, 0.3) is 0 Å². The van der Waals surface area contributed by atoms with Crippen LogP contribution in [-0.4, -0.2) is 12.6 Å². The van der Waals surface area contributed by atoms with E-state index in [0.717, 1.165) is 12.0 Å². The van der Waals surface area contributed by atoms with Crippen molar-refractivity contribution in [2.24, 2.45) is 5.92 Å². The molecule has 1 unspecified atom stereocenters. The summed E-state index contributed by atoms with van der Waals surface area (Å²) in [4.78, 5) is 0. The van der Waals surface area contributed by atoms with Crippen molar-refractivity contribution in [1.82, 2.24) is 5.32 Å². The van der Waals surface area contributed by atoms with Crippen LogP contribution in [0.2, 0.25) is 0 Å². The van der Waals surface area contributed by atoms with Crippen molar-refractivity contribution in [1.29, 1.82) is 0 Å². The monoisotopic (exact) mass is 237 g/mol. The highest BCUT2D eigenvalue weighted by Crippen LogP contribution is 2.34. The Hall–Kier alpha value is -0.340. The average molecular weight is 237 g/mol. The molecule has 0 aliphatic heterocycles. The number of hydrogen-bond acceptors (Lipinski definition) is 2. The maximum Gasteiger partial charge on any atom is 0.00728 e. The molecule has 0 aromatic carbocycles. The summed E-state index contributed by atoms with van der Waals surface area (Å²) in [7, 11) is 0. The van der Waals surface area contributed by atoms with E-state index in [1.54, 1.807) is 0 Å². The van der Waals surface area contributed by atoms with Crippen molar-refractivity contribution < 1.29 is 0 Å². The van der Waals surface area contributed by atoms with Crippen molar-refractivity contribution >= 4 is 11.3 Å². The Balaban J connectivity index is 1.71. The third-order valence-electron chi connectivity index (χ3n) is 3.36. The van der Waals surface area contributed by atoms with Gasteiger partial charge in [-0.3, -0.25) is 0 Å². The zero-order valence-electron chi connectivity index (χ0n) is 10.2. The van der Waals surface area contributed by atoms with Crippen LogP contribution in [0.5, 0.6) is 0 Å². The molecule has 0 amide bonds. The molecule has 0 radical (unpaired) electrons. The van der Waals surface area contributed by atoms with Gasteiger partial charge in [0, 0.05) is 6.04 Å². The lowest BCUT2D eigenvalue weighted by atomic mass is 10.0. The van der Waals surface area contributed by atoms with E-state index in [1.807, 2.05) is 11.3 Å². The fourth-order valence-corrected chi connectivity index (χ4v) is 2.89. The van der Waals surface area contributed by atoms with Crippen molar-refractivity contribution in [3.05, 3.63) is 22.4 Å². The van der Waals surface area contributed by atoms with Gasteiger partial charge in [-0.05, 0) is 60.5 Å². The highest BCUT2D eigenvalue weighted by atomic mass is 32.1. The minimum absolute atomic E-state index is 0.757. The first-order chi connectivity index (χ1) is 7.88. The average Bonchev–Trinajstić information content (AvgIpc) is 2.95. The van der Waals surface area contributed by atoms with Crippen LogP contribution < -0.4 is 5.32 Å². The number of rotatable bonds is 8. The molecule has 1 aromatic rings. The molecular formula is C14H23NS. The van der Waals surface area contributed by atoms with Crippen LogP contribution >= 0.6 is 11.3 Å². The lowest BCUT2D eigenvalue weighted by Gasteiger charge is -2.17. The normalized spacial score (nSPS) is 17.6. The molecule has 90 valence electrons. The van der Waals surface area contributed by atoms with E-state index in [0.29, 0.717) is 0 Å². The van der Waals surface area contributed by atoms with Crippen LogP contribution in [0.15, 0.2) is 16.8 Å². The van der Waals surface area contributed by atoms with Crippen LogP contribution in [-0.2, 0) is 6.42 Å². The first kappa shape index (κ1) is 12.1. The van der Waals surface area contributed by atoms with Crippen LogP contribution in [0.25, 0.3) is 0 Å². The third-order valence-corrected chi connectivity index (χ3v) is 4.09. The van der Waals surface area contributed by atoms with Gasteiger partial charge >= 0.3 is 0 Å². The molecule has 1 aliphatic carbocycles. The van der Waals surface area contributed by atoms with Gasteiger partial charge in [-0.25, -0.2) is 0 Å². The second-order valence-corrected chi connectivity index (χ2v) is 5.78. The molecule has 2 heteroatoms. The van der Waals surface area contributed by atoms with Crippen LogP contribution in [0.3, 0.4) is 0 Å². The van der Waals surface area contributed by atoms with Gasteiger partial charge in [0.1, 0.15) is 0 Å². The molecule has 1 heterocycles. The number of aryl methyl sites for hydroxylation is 1. The molecule has 0 spiro atoms. The summed E-state index contributed by atoms with van der Waals surface area (Å²) in [6.07, 6.45) is 8.17. The summed E-state index contributed by atoms with van der Waals surface area (Å²) in [5, 5.41) is 8.18. The Bertz CT molecular complexity index is 277. The second-order valence-electron chi connectivity index (χ2n) is 5.00. The highest BCUT2D eigenvalue weighted by Gasteiger charge is 2.24. The summed E-state index contributed by atoms with van der Waals surface area (Å²) < 4.78 is 0. The fourth-order valence-electron chi connectivity index (χ4n) is 2.18. The molecule has 1 N–H and O–H groups in total. The fraction of sp³-hybridized carbons (Fsp3) is 0.714. The van der Waals surface area contributed by atoms with Crippen molar-refractivity contribution in [3.63, 3.8) is 0 Å². The standard InChI is InChI=1S/C14H23NS/c1-2-8-15-14(10-12-3-4-12)6-5-13-7-9-16-11-13/h7,9,11-12,14-15H,2-6,8,10H2,1H3. The maximum absolute atomic E-state index is 3.71. The van der Waals surface area contributed by atoms with E-state index in [9.17, 15) is 0 Å². The zero-order chi connectivity index (χ0) is 11.2. The number of hydrogen-bond donors (Lipinski definition) is 1. The van der Waals surface area contributed by atoms with Gasteiger partial charge in [-0.1, -0.05) is 19.8 Å². The van der Waals surface area contributed by atoms with Gasteiger partial charge in [0.15, 0.2) is 0 Å². The molecule has 2 rings (SSSR count). The SMILES string of the molecule is CCCNC(CCc1ccsc1)CC1CC1. The molecule has 0 bridgehead atoms. The minimum Gasteiger partial charge on any atom is -0.314 e. The number of nitrogens with one attached hydrogen (secondary N) is 1. The third kappa shape index (κ3) is 4.26. The van der Waals surface area contributed by atoms with E-state index >= 15 is 0 Å². The van der Waals surface area contributed by atoms with Gasteiger partial charge in [-0.15, -0.1) is 0 Å². The number of thiophene rings is 1. The van der Waals surface area contributed by atoms with Gasteiger partial charge in [0.2, 0.25) is 0 Å². The zero-order valence-corrected chi connectivity index (χ0v) is 11.1. The molecule has 1 aromatic heterocycles. The first-order valence-corrected chi connectivity index (χ1v) is 7.57. The molecule has 16 heavy (non-hydrogen) atoms. The highest BCUT2D eigenvalue weighted by molar-refractivity contribution is 7.07. The summed E-state index contributed by atoms with van der Waals surface area (Å²) in [5.74, 6) is 1.04.